The van der Waals surface area contributed by atoms with Gasteiger partial charge in [-0.2, -0.15) is 0 Å². The van der Waals surface area contributed by atoms with Gasteiger partial charge in [0.25, 0.3) is 0 Å². The lowest BCUT2D eigenvalue weighted by Crippen LogP contribution is -2.29. The lowest BCUT2D eigenvalue weighted by atomic mass is 10.3. The molecule has 1 aromatic rings. The standard InChI is InChI=1S/C7H7BrN2O3S/c8-5-1-3-6(4-2-5)9-7(11)10-14(12)13/h1-4H,(H,12,13)(H2,9,10,11)/p-1. The molecule has 1 rings (SSSR count). The molecule has 0 aliphatic rings. The molecular weight excluding hydrogens is 272 g/mol. The minimum atomic E-state index is -2.60. The first-order valence-corrected chi connectivity index (χ1v) is 5.37. The van der Waals surface area contributed by atoms with E-state index in [0.29, 0.717) is 5.69 Å². The molecule has 1 atom stereocenters. The average molecular weight is 278 g/mol. The van der Waals surface area contributed by atoms with Gasteiger partial charge in [-0.1, -0.05) is 15.9 Å². The summed E-state index contributed by atoms with van der Waals surface area (Å²) in [5, 5.41) is 2.34. The molecule has 0 spiro atoms. The summed E-state index contributed by atoms with van der Waals surface area (Å²) in [6.45, 7) is 0. The van der Waals surface area contributed by atoms with E-state index in [9.17, 15) is 13.6 Å². The molecule has 14 heavy (non-hydrogen) atoms. The summed E-state index contributed by atoms with van der Waals surface area (Å²) in [6.07, 6.45) is 0. The summed E-state index contributed by atoms with van der Waals surface area (Å²) < 4.78 is 22.7. The van der Waals surface area contributed by atoms with Gasteiger partial charge in [-0.3, -0.25) is 8.93 Å². The molecule has 0 bridgehead atoms. The van der Waals surface area contributed by atoms with Crippen molar-refractivity contribution < 1.29 is 13.6 Å². The quantitative estimate of drug-likeness (QED) is 0.801. The van der Waals surface area contributed by atoms with E-state index < -0.39 is 17.3 Å². The highest BCUT2D eigenvalue weighted by Crippen LogP contribution is 2.13. The largest absolute Gasteiger partial charge is 0.755 e. The Morgan fingerprint density at radius 2 is 1.93 bits per heavy atom. The molecule has 76 valence electrons. The smallest absolute Gasteiger partial charge is 0.330 e. The van der Waals surface area contributed by atoms with Crippen molar-refractivity contribution in [3.05, 3.63) is 28.7 Å². The van der Waals surface area contributed by atoms with Crippen LogP contribution >= 0.6 is 15.9 Å². The second kappa shape index (κ2) is 5.08. The highest BCUT2D eigenvalue weighted by Gasteiger charge is 1.99. The Labute approximate surface area is 91.4 Å². The second-order valence-electron chi connectivity index (χ2n) is 2.30. The van der Waals surface area contributed by atoms with E-state index in [1.165, 1.54) is 0 Å². The average Bonchev–Trinajstić information content (AvgIpc) is 2.07. The van der Waals surface area contributed by atoms with Gasteiger partial charge in [0.15, 0.2) is 0 Å². The zero-order valence-electron chi connectivity index (χ0n) is 6.82. The van der Waals surface area contributed by atoms with Crippen molar-refractivity contribution in [3.8, 4) is 0 Å². The van der Waals surface area contributed by atoms with Gasteiger partial charge >= 0.3 is 6.03 Å². The Morgan fingerprint density at radius 3 is 2.43 bits per heavy atom. The van der Waals surface area contributed by atoms with Crippen molar-refractivity contribution in [2.24, 2.45) is 0 Å². The van der Waals surface area contributed by atoms with Crippen LogP contribution in [0.15, 0.2) is 28.7 Å². The van der Waals surface area contributed by atoms with Crippen LogP contribution in [0.25, 0.3) is 0 Å². The van der Waals surface area contributed by atoms with E-state index in [1.54, 1.807) is 29.0 Å². The van der Waals surface area contributed by atoms with Crippen LogP contribution < -0.4 is 10.0 Å². The molecule has 0 radical (unpaired) electrons. The molecule has 0 aliphatic carbocycles. The second-order valence-corrected chi connectivity index (χ2v) is 3.89. The summed E-state index contributed by atoms with van der Waals surface area (Å²) in [6, 6.07) is 5.93. The summed E-state index contributed by atoms with van der Waals surface area (Å²) in [5.74, 6) is 0. The summed E-state index contributed by atoms with van der Waals surface area (Å²) in [5.41, 5.74) is 0.510. The van der Waals surface area contributed by atoms with Gasteiger partial charge in [0.1, 0.15) is 0 Å². The fraction of sp³-hybridized carbons (Fsp3) is 0. The van der Waals surface area contributed by atoms with Crippen LogP contribution in [0.5, 0.6) is 0 Å². The molecule has 0 aliphatic heterocycles. The van der Waals surface area contributed by atoms with Crippen molar-refractivity contribution in [3.63, 3.8) is 0 Å². The van der Waals surface area contributed by atoms with Crippen LogP contribution in [0, 0.1) is 0 Å². The number of hydrogen-bond donors (Lipinski definition) is 2. The Kier molecular flexibility index (Phi) is 4.05. The molecule has 0 fully saturated rings. The van der Waals surface area contributed by atoms with Gasteiger partial charge in [0.2, 0.25) is 0 Å². The van der Waals surface area contributed by atoms with Gasteiger partial charge in [0.05, 0.1) is 0 Å². The number of carbonyl (C=O) groups is 1. The maximum absolute atomic E-state index is 10.9. The summed E-state index contributed by atoms with van der Waals surface area (Å²) >= 11 is 0.630. The van der Waals surface area contributed by atoms with Crippen molar-refractivity contribution in [2.75, 3.05) is 5.32 Å². The van der Waals surface area contributed by atoms with E-state index in [2.05, 4.69) is 21.2 Å². The first kappa shape index (κ1) is 11.2. The van der Waals surface area contributed by atoms with Gasteiger partial charge < -0.3 is 9.87 Å². The van der Waals surface area contributed by atoms with Crippen LogP contribution in [0.1, 0.15) is 0 Å². The zero-order chi connectivity index (χ0) is 10.6. The molecule has 0 heterocycles. The van der Waals surface area contributed by atoms with E-state index >= 15 is 0 Å². The Morgan fingerprint density at radius 1 is 1.36 bits per heavy atom. The molecule has 7 heteroatoms. The van der Waals surface area contributed by atoms with E-state index in [1.807, 2.05) is 0 Å². The van der Waals surface area contributed by atoms with Crippen LogP contribution in [0.2, 0.25) is 0 Å². The van der Waals surface area contributed by atoms with Crippen molar-refractivity contribution in [1.82, 2.24) is 4.72 Å². The predicted octanol–water partition coefficient (Wildman–Crippen LogP) is 1.36. The lowest BCUT2D eigenvalue weighted by molar-refractivity contribution is 0.256. The van der Waals surface area contributed by atoms with Gasteiger partial charge in [-0.25, -0.2) is 4.79 Å². The van der Waals surface area contributed by atoms with Crippen LogP contribution in [0.3, 0.4) is 0 Å². The number of urea groups is 1. The number of amides is 2. The fourth-order valence-corrected chi connectivity index (χ4v) is 1.23. The lowest BCUT2D eigenvalue weighted by Gasteiger charge is -2.08. The number of nitrogens with one attached hydrogen (secondary N) is 2. The topological polar surface area (TPSA) is 81.3 Å². The zero-order valence-corrected chi connectivity index (χ0v) is 9.22. The number of anilines is 1. The van der Waals surface area contributed by atoms with Gasteiger partial charge in [-0.15, -0.1) is 0 Å². The summed E-state index contributed by atoms with van der Waals surface area (Å²) in [7, 11) is 0. The van der Waals surface area contributed by atoms with Crippen LogP contribution in [-0.4, -0.2) is 14.8 Å². The number of hydrogen-bond acceptors (Lipinski definition) is 3. The minimum absolute atomic E-state index is 0.510. The highest BCUT2D eigenvalue weighted by molar-refractivity contribution is 9.10. The van der Waals surface area contributed by atoms with Crippen molar-refractivity contribution in [2.45, 2.75) is 0 Å². The fourth-order valence-electron chi connectivity index (χ4n) is 0.766. The molecule has 5 nitrogen and oxygen atoms in total. The Hall–Kier alpha value is -0.920. The Bertz CT molecular complexity index is 354. The van der Waals surface area contributed by atoms with Crippen LogP contribution in [0.4, 0.5) is 10.5 Å². The summed E-state index contributed by atoms with van der Waals surface area (Å²) in [4.78, 5) is 10.9. The number of halogens is 1. The van der Waals surface area contributed by atoms with Crippen molar-refractivity contribution in [1.29, 1.82) is 0 Å². The molecule has 0 saturated heterocycles. The van der Waals surface area contributed by atoms with E-state index in [-0.39, 0.29) is 0 Å². The molecule has 2 amide bonds. The van der Waals surface area contributed by atoms with E-state index in [0.717, 1.165) is 4.47 Å². The third kappa shape index (κ3) is 3.86. The third-order valence-corrected chi connectivity index (χ3v) is 2.16. The minimum Gasteiger partial charge on any atom is -0.755 e. The van der Waals surface area contributed by atoms with Gasteiger partial charge in [0, 0.05) is 21.4 Å². The highest BCUT2D eigenvalue weighted by atomic mass is 79.9. The molecule has 1 aromatic carbocycles. The first-order chi connectivity index (χ1) is 6.58. The SMILES string of the molecule is O=C(Nc1ccc(Br)cc1)NS(=O)[O-]. The maximum atomic E-state index is 10.9. The molecule has 1 unspecified atom stereocenters. The molecule has 0 saturated carbocycles. The number of rotatable bonds is 2. The molecule has 2 N–H and O–H groups in total. The Balaban J connectivity index is 2.56. The first-order valence-electron chi connectivity index (χ1n) is 3.50. The maximum Gasteiger partial charge on any atom is 0.330 e. The third-order valence-electron chi connectivity index (χ3n) is 1.28. The number of benzene rings is 1. The van der Waals surface area contributed by atoms with Crippen molar-refractivity contribution >= 4 is 38.9 Å². The van der Waals surface area contributed by atoms with Gasteiger partial charge in [-0.05, 0) is 24.3 Å². The molecular formula is C7H6BrN2O3S-. The predicted molar refractivity (Wildman–Crippen MR) is 55.2 cm³/mol. The number of carbonyl (C=O) groups excluding carboxylic acids is 1. The normalized spacial score (nSPS) is 11.9. The monoisotopic (exact) mass is 277 g/mol. The van der Waals surface area contributed by atoms with Crippen LogP contribution in [-0.2, 0) is 11.3 Å². The molecule has 0 aromatic heterocycles. The van der Waals surface area contributed by atoms with E-state index in [4.69, 9.17) is 0 Å².